The fourth-order valence-corrected chi connectivity index (χ4v) is 0.904. The first-order valence-electron chi connectivity index (χ1n) is 2.44. The second-order valence-electron chi connectivity index (χ2n) is 1.43. The third kappa shape index (κ3) is 4.70. The van der Waals surface area contributed by atoms with Gasteiger partial charge in [-0.3, -0.25) is 0 Å². The molecule has 0 saturated carbocycles. The van der Waals surface area contributed by atoms with Gasteiger partial charge in [-0.05, 0) is 6.26 Å². The Hall–Kier alpha value is 0.923. The summed E-state index contributed by atoms with van der Waals surface area (Å²) in [5, 5.41) is 0. The number of halogens is 1. The summed E-state index contributed by atoms with van der Waals surface area (Å²) in [5.41, 5.74) is 0. The van der Waals surface area contributed by atoms with Crippen LogP contribution in [-0.4, -0.2) is 6.26 Å². The van der Waals surface area contributed by atoms with Gasteiger partial charge in [-0.15, -0.1) is 4.90 Å². The third-order valence-corrected chi connectivity index (χ3v) is 1.59. The van der Waals surface area contributed by atoms with Gasteiger partial charge in [-0.1, -0.05) is 0 Å². The zero-order chi connectivity index (χ0) is 5.82. The number of benzene rings is 1. The Morgan fingerprint density at radius 3 is 2.40 bits per heavy atom. The van der Waals surface area contributed by atoms with Crippen LogP contribution < -0.4 is 24.0 Å². The van der Waals surface area contributed by atoms with Gasteiger partial charge in [0.05, 0.1) is 0 Å². The van der Waals surface area contributed by atoms with Gasteiger partial charge in [0, 0.05) is 0 Å². The van der Waals surface area contributed by atoms with Crippen molar-refractivity contribution in [2.24, 2.45) is 0 Å². The van der Waals surface area contributed by atoms with Crippen molar-refractivity contribution in [2.45, 2.75) is 4.90 Å². The molecule has 0 heterocycles. The average Bonchev–Trinajstić information content (AvgIpc) is 1.90. The maximum Gasteiger partial charge on any atom is 2.00 e. The van der Waals surface area contributed by atoms with E-state index in [0.717, 1.165) is 0 Å². The van der Waals surface area contributed by atoms with Crippen LogP contribution in [0, 0.1) is 6.07 Å². The molecule has 1 aromatic carbocycles. The third-order valence-electron chi connectivity index (χ3n) is 0.900. The van der Waals surface area contributed by atoms with Gasteiger partial charge in [-0.2, -0.15) is 42.1 Å². The molecular formula is C7H7ISZn. The minimum atomic E-state index is 0. The molecule has 0 aromatic heterocycles. The number of rotatable bonds is 1. The molecule has 0 nitrogen and oxygen atoms in total. The molecule has 50 valence electrons. The Bertz CT molecular complexity index is 155. The van der Waals surface area contributed by atoms with Crippen LogP contribution >= 0.6 is 11.8 Å². The Morgan fingerprint density at radius 1 is 1.40 bits per heavy atom. The molecule has 0 aliphatic carbocycles. The quantitative estimate of drug-likeness (QED) is 0.283. The summed E-state index contributed by atoms with van der Waals surface area (Å²) < 4.78 is 0. The molecule has 10 heavy (non-hydrogen) atoms. The van der Waals surface area contributed by atoms with Crippen LogP contribution in [0.5, 0.6) is 0 Å². The van der Waals surface area contributed by atoms with E-state index >= 15 is 0 Å². The molecular weight excluding hydrogens is 308 g/mol. The molecule has 0 N–H and O–H groups in total. The molecule has 0 atom stereocenters. The van der Waals surface area contributed by atoms with Crippen LogP contribution in [0.2, 0.25) is 0 Å². The van der Waals surface area contributed by atoms with Crippen LogP contribution in [0.1, 0.15) is 0 Å². The van der Waals surface area contributed by atoms with Crippen molar-refractivity contribution in [1.82, 2.24) is 0 Å². The zero-order valence-electron chi connectivity index (χ0n) is 5.80. The first kappa shape index (κ1) is 13.5. The molecule has 1 rings (SSSR count). The first-order valence-corrected chi connectivity index (χ1v) is 3.66. The first-order chi connectivity index (χ1) is 3.93. The van der Waals surface area contributed by atoms with Crippen molar-refractivity contribution in [3.8, 4) is 0 Å². The van der Waals surface area contributed by atoms with Gasteiger partial charge in [-0.25, -0.2) is 0 Å². The van der Waals surface area contributed by atoms with Crippen LogP contribution in [0.15, 0.2) is 29.2 Å². The summed E-state index contributed by atoms with van der Waals surface area (Å²) in [6.07, 6.45) is 2.05. The minimum absolute atomic E-state index is 0. The van der Waals surface area contributed by atoms with E-state index in [4.69, 9.17) is 0 Å². The van der Waals surface area contributed by atoms with E-state index in [1.54, 1.807) is 11.8 Å². The van der Waals surface area contributed by atoms with Crippen molar-refractivity contribution >= 4 is 11.8 Å². The van der Waals surface area contributed by atoms with E-state index in [1.165, 1.54) is 4.90 Å². The molecule has 3 heteroatoms. The Morgan fingerprint density at radius 2 is 2.10 bits per heavy atom. The van der Waals surface area contributed by atoms with E-state index in [2.05, 4.69) is 6.07 Å². The summed E-state index contributed by atoms with van der Waals surface area (Å²) in [7, 11) is 0. The van der Waals surface area contributed by atoms with Crippen molar-refractivity contribution < 1.29 is 43.5 Å². The van der Waals surface area contributed by atoms with Crippen LogP contribution in [0.4, 0.5) is 0 Å². The molecule has 0 bridgehead atoms. The second kappa shape index (κ2) is 8.02. The van der Waals surface area contributed by atoms with Crippen LogP contribution in [-0.2, 0) is 19.5 Å². The largest absolute Gasteiger partial charge is 2.00 e. The Labute approximate surface area is 95.9 Å². The molecule has 0 saturated heterocycles. The summed E-state index contributed by atoms with van der Waals surface area (Å²) in [5.74, 6) is 0. The fraction of sp³-hybridized carbons (Fsp3) is 0.143. The molecule has 0 radical (unpaired) electrons. The normalized spacial score (nSPS) is 7.30. The van der Waals surface area contributed by atoms with Gasteiger partial charge in [0.1, 0.15) is 0 Å². The summed E-state index contributed by atoms with van der Waals surface area (Å²) in [6.45, 7) is 0. The van der Waals surface area contributed by atoms with E-state index in [0.29, 0.717) is 0 Å². The zero-order valence-corrected chi connectivity index (χ0v) is 11.7. The maximum absolute atomic E-state index is 3.08. The number of hydrogen-bond acceptors (Lipinski definition) is 1. The molecule has 0 aliphatic rings. The summed E-state index contributed by atoms with van der Waals surface area (Å²) in [4.78, 5) is 1.20. The van der Waals surface area contributed by atoms with E-state index in [9.17, 15) is 0 Å². The number of hydrogen-bond donors (Lipinski definition) is 0. The van der Waals surface area contributed by atoms with E-state index in [-0.39, 0.29) is 43.5 Å². The Balaban J connectivity index is 0. The van der Waals surface area contributed by atoms with Crippen molar-refractivity contribution in [2.75, 3.05) is 6.26 Å². The smallest absolute Gasteiger partial charge is 1.00 e. The molecule has 0 unspecified atom stereocenters. The second-order valence-corrected chi connectivity index (χ2v) is 2.28. The predicted octanol–water partition coefficient (Wildman–Crippen LogP) is -0.790. The SMILES string of the molecule is CSc1[c-]cccc1.[I-].[Zn+2]. The minimum Gasteiger partial charge on any atom is -1.00 e. The van der Waals surface area contributed by atoms with Gasteiger partial charge in [0.15, 0.2) is 0 Å². The van der Waals surface area contributed by atoms with E-state index < -0.39 is 0 Å². The monoisotopic (exact) mass is 314 g/mol. The van der Waals surface area contributed by atoms with Gasteiger partial charge >= 0.3 is 19.5 Å². The Kier molecular flexibility index (Phi) is 10.8. The molecule has 0 spiro atoms. The molecule has 0 aliphatic heterocycles. The molecule has 1 aromatic rings. The van der Waals surface area contributed by atoms with Gasteiger partial charge in [0.2, 0.25) is 0 Å². The van der Waals surface area contributed by atoms with Crippen LogP contribution in [0.3, 0.4) is 0 Å². The van der Waals surface area contributed by atoms with Gasteiger partial charge in [0.25, 0.3) is 0 Å². The van der Waals surface area contributed by atoms with Crippen molar-refractivity contribution in [3.05, 3.63) is 30.3 Å². The van der Waals surface area contributed by atoms with Gasteiger partial charge < -0.3 is 24.0 Å². The van der Waals surface area contributed by atoms with Crippen LogP contribution in [0.25, 0.3) is 0 Å². The standard InChI is InChI=1S/C7H7S.HI.Zn/c1-8-7-5-3-2-4-6-7;;/h2-5H,1H3;1H;/q-1;;+2/p-1. The topological polar surface area (TPSA) is 0 Å². The predicted molar refractivity (Wildman–Crippen MR) is 37.1 cm³/mol. The summed E-state index contributed by atoms with van der Waals surface area (Å²) >= 11 is 1.71. The molecule has 0 fully saturated rings. The fourth-order valence-electron chi connectivity index (χ4n) is 0.504. The maximum atomic E-state index is 3.08. The van der Waals surface area contributed by atoms with E-state index in [1.807, 2.05) is 30.5 Å². The number of thioether (sulfide) groups is 1. The average molecular weight is 315 g/mol. The van der Waals surface area contributed by atoms with Crippen molar-refractivity contribution in [1.29, 1.82) is 0 Å². The van der Waals surface area contributed by atoms with Crippen molar-refractivity contribution in [3.63, 3.8) is 0 Å². The molecule has 0 amide bonds. The summed E-state index contributed by atoms with van der Waals surface area (Å²) in [6, 6.07) is 11.0.